The van der Waals surface area contributed by atoms with Crippen LogP contribution in [0.2, 0.25) is 0 Å². The maximum Gasteiger partial charge on any atom is 0.176 e. The number of hydrogen-bond acceptors (Lipinski definition) is 5. The molecule has 0 aliphatic rings. The second-order valence-electron chi connectivity index (χ2n) is 4.68. The van der Waals surface area contributed by atoms with Crippen LogP contribution < -0.4 is 10.1 Å². The number of aromatic nitrogens is 4. The van der Waals surface area contributed by atoms with Gasteiger partial charge in [0, 0.05) is 12.5 Å². The number of rotatable bonds is 7. The molecule has 0 aliphatic carbocycles. The highest BCUT2D eigenvalue weighted by atomic mass is 16.5. The first-order chi connectivity index (χ1) is 9.72. The van der Waals surface area contributed by atoms with Crippen molar-refractivity contribution in [2.24, 2.45) is 7.05 Å². The number of hydrogen-bond donors (Lipinski definition) is 1. The van der Waals surface area contributed by atoms with Gasteiger partial charge in [0.25, 0.3) is 0 Å². The lowest BCUT2D eigenvalue weighted by Gasteiger charge is -2.18. The fraction of sp³-hybridized carbons (Fsp3) is 0.500. The van der Waals surface area contributed by atoms with Crippen molar-refractivity contribution in [2.45, 2.75) is 25.8 Å². The first-order valence-corrected chi connectivity index (χ1v) is 6.83. The molecule has 2 rings (SSSR count). The van der Waals surface area contributed by atoms with Gasteiger partial charge in [-0.3, -0.25) is 0 Å². The number of ether oxygens (including phenoxy) is 1. The molecule has 0 fully saturated rings. The van der Waals surface area contributed by atoms with Gasteiger partial charge in [0.2, 0.25) is 0 Å². The van der Waals surface area contributed by atoms with Crippen LogP contribution in [0.1, 0.15) is 30.8 Å². The van der Waals surface area contributed by atoms with E-state index in [-0.39, 0.29) is 6.04 Å². The van der Waals surface area contributed by atoms with E-state index in [0.717, 1.165) is 24.5 Å². The van der Waals surface area contributed by atoms with Crippen molar-refractivity contribution in [1.82, 2.24) is 25.5 Å². The van der Waals surface area contributed by atoms with E-state index in [1.807, 2.05) is 18.2 Å². The SMILES string of the molecule is CCCNC(Cc1nnn(C)n1)c1cccc(OC)c1. The van der Waals surface area contributed by atoms with Crippen LogP contribution >= 0.6 is 0 Å². The fourth-order valence-electron chi connectivity index (χ4n) is 2.07. The molecule has 1 aromatic heterocycles. The third kappa shape index (κ3) is 3.77. The van der Waals surface area contributed by atoms with E-state index in [9.17, 15) is 0 Å². The Morgan fingerprint density at radius 2 is 2.25 bits per heavy atom. The van der Waals surface area contributed by atoms with Crippen LogP contribution in [0.5, 0.6) is 5.75 Å². The van der Waals surface area contributed by atoms with Crippen molar-refractivity contribution < 1.29 is 4.74 Å². The van der Waals surface area contributed by atoms with Crippen molar-refractivity contribution in [1.29, 1.82) is 0 Å². The zero-order valence-corrected chi connectivity index (χ0v) is 12.2. The van der Waals surface area contributed by atoms with Gasteiger partial charge < -0.3 is 10.1 Å². The maximum absolute atomic E-state index is 5.29. The molecule has 6 nitrogen and oxygen atoms in total. The average molecular weight is 275 g/mol. The molecular weight excluding hydrogens is 254 g/mol. The predicted molar refractivity (Wildman–Crippen MR) is 76.5 cm³/mol. The molecule has 0 aliphatic heterocycles. The van der Waals surface area contributed by atoms with Crippen molar-refractivity contribution >= 4 is 0 Å². The Bertz CT molecular complexity index is 540. The van der Waals surface area contributed by atoms with Gasteiger partial charge in [0.1, 0.15) is 5.75 Å². The molecule has 0 amide bonds. The molecule has 0 bridgehead atoms. The number of nitrogens with zero attached hydrogens (tertiary/aromatic N) is 4. The van der Waals surface area contributed by atoms with E-state index >= 15 is 0 Å². The lowest BCUT2D eigenvalue weighted by molar-refractivity contribution is 0.412. The molecule has 1 atom stereocenters. The van der Waals surface area contributed by atoms with Gasteiger partial charge in [-0.15, -0.1) is 10.2 Å². The number of nitrogens with one attached hydrogen (secondary N) is 1. The topological polar surface area (TPSA) is 64.9 Å². The minimum atomic E-state index is 0.161. The van der Waals surface area contributed by atoms with Crippen LogP contribution in [0.15, 0.2) is 24.3 Å². The van der Waals surface area contributed by atoms with Crippen LogP contribution in [0.25, 0.3) is 0 Å². The van der Waals surface area contributed by atoms with E-state index in [1.165, 1.54) is 10.4 Å². The number of aryl methyl sites for hydroxylation is 1. The third-order valence-corrected chi connectivity index (χ3v) is 3.07. The van der Waals surface area contributed by atoms with E-state index in [0.29, 0.717) is 6.42 Å². The average Bonchev–Trinajstić information content (AvgIpc) is 2.88. The molecule has 1 heterocycles. The van der Waals surface area contributed by atoms with E-state index < -0.39 is 0 Å². The third-order valence-electron chi connectivity index (χ3n) is 3.07. The zero-order chi connectivity index (χ0) is 14.4. The van der Waals surface area contributed by atoms with E-state index in [2.05, 4.69) is 33.7 Å². The molecule has 1 unspecified atom stereocenters. The molecule has 0 spiro atoms. The summed E-state index contributed by atoms with van der Waals surface area (Å²) < 4.78 is 5.29. The van der Waals surface area contributed by atoms with Crippen molar-refractivity contribution in [3.63, 3.8) is 0 Å². The summed E-state index contributed by atoms with van der Waals surface area (Å²) in [6.07, 6.45) is 1.79. The second-order valence-corrected chi connectivity index (χ2v) is 4.68. The summed E-state index contributed by atoms with van der Waals surface area (Å²) in [5.74, 6) is 1.60. The number of tetrazole rings is 1. The molecule has 1 N–H and O–H groups in total. The Kier molecular flexibility index (Phi) is 5.06. The Balaban J connectivity index is 2.17. The summed E-state index contributed by atoms with van der Waals surface area (Å²) in [7, 11) is 3.45. The van der Waals surface area contributed by atoms with Gasteiger partial charge in [0.05, 0.1) is 14.2 Å². The molecule has 108 valence electrons. The van der Waals surface area contributed by atoms with Crippen LogP contribution in [0.3, 0.4) is 0 Å². The zero-order valence-electron chi connectivity index (χ0n) is 12.2. The van der Waals surface area contributed by atoms with Gasteiger partial charge in [0.15, 0.2) is 5.82 Å². The highest BCUT2D eigenvalue weighted by Crippen LogP contribution is 2.21. The Labute approximate surface area is 119 Å². The summed E-state index contributed by atoms with van der Waals surface area (Å²) >= 11 is 0. The van der Waals surface area contributed by atoms with Gasteiger partial charge in [-0.1, -0.05) is 19.1 Å². The lowest BCUT2D eigenvalue weighted by Crippen LogP contribution is -2.24. The quantitative estimate of drug-likeness (QED) is 0.829. The van der Waals surface area contributed by atoms with Gasteiger partial charge in [-0.25, -0.2) is 0 Å². The van der Waals surface area contributed by atoms with E-state index in [4.69, 9.17) is 4.74 Å². The van der Waals surface area contributed by atoms with Crippen molar-refractivity contribution in [2.75, 3.05) is 13.7 Å². The number of methoxy groups -OCH3 is 1. The molecule has 2 aromatic rings. The molecule has 0 radical (unpaired) electrons. The standard InChI is InChI=1S/C14H21N5O/c1-4-8-15-13(10-14-16-18-19(2)17-14)11-6-5-7-12(9-11)20-3/h5-7,9,13,15H,4,8,10H2,1-3H3. The largest absolute Gasteiger partial charge is 0.497 e. The first-order valence-electron chi connectivity index (χ1n) is 6.83. The van der Waals surface area contributed by atoms with Gasteiger partial charge >= 0.3 is 0 Å². The fourth-order valence-corrected chi connectivity index (χ4v) is 2.07. The molecule has 1 aromatic carbocycles. The highest BCUT2D eigenvalue weighted by Gasteiger charge is 2.15. The summed E-state index contributed by atoms with van der Waals surface area (Å²) in [5.41, 5.74) is 1.17. The van der Waals surface area contributed by atoms with Crippen LogP contribution in [0.4, 0.5) is 0 Å². The minimum Gasteiger partial charge on any atom is -0.497 e. The minimum absolute atomic E-state index is 0.161. The summed E-state index contributed by atoms with van der Waals surface area (Å²) in [6.45, 7) is 3.10. The molecule has 0 saturated carbocycles. The summed E-state index contributed by atoms with van der Waals surface area (Å²) in [5, 5.41) is 15.7. The van der Waals surface area contributed by atoms with Gasteiger partial charge in [-0.2, -0.15) is 4.80 Å². The smallest absolute Gasteiger partial charge is 0.176 e. The normalized spacial score (nSPS) is 12.3. The van der Waals surface area contributed by atoms with Gasteiger partial charge in [-0.05, 0) is 35.9 Å². The Morgan fingerprint density at radius 3 is 2.90 bits per heavy atom. The van der Waals surface area contributed by atoms with Crippen LogP contribution in [-0.2, 0) is 13.5 Å². The van der Waals surface area contributed by atoms with Crippen LogP contribution in [0, 0.1) is 0 Å². The highest BCUT2D eigenvalue weighted by molar-refractivity contribution is 5.31. The second kappa shape index (κ2) is 7.00. The number of benzene rings is 1. The molecule has 6 heteroatoms. The molecular formula is C14H21N5O. The summed E-state index contributed by atoms with van der Waals surface area (Å²) in [6, 6.07) is 8.24. The Morgan fingerprint density at radius 1 is 1.40 bits per heavy atom. The first kappa shape index (κ1) is 14.5. The lowest BCUT2D eigenvalue weighted by atomic mass is 10.0. The molecule has 0 saturated heterocycles. The Hall–Kier alpha value is -1.95. The molecule has 20 heavy (non-hydrogen) atoms. The predicted octanol–water partition coefficient (Wildman–Crippen LogP) is 1.50. The van der Waals surface area contributed by atoms with Crippen molar-refractivity contribution in [3.05, 3.63) is 35.7 Å². The summed E-state index contributed by atoms with van der Waals surface area (Å²) in [4.78, 5) is 1.48. The van der Waals surface area contributed by atoms with Crippen LogP contribution in [-0.4, -0.2) is 33.9 Å². The monoisotopic (exact) mass is 275 g/mol. The maximum atomic E-state index is 5.29. The van der Waals surface area contributed by atoms with Crippen molar-refractivity contribution in [3.8, 4) is 5.75 Å². The van der Waals surface area contributed by atoms with E-state index in [1.54, 1.807) is 14.2 Å².